The molecule has 1 aliphatic rings. The highest BCUT2D eigenvalue weighted by Crippen LogP contribution is 2.27. The largest absolute Gasteiger partial charge is 0.465 e. The minimum atomic E-state index is -0.554. The monoisotopic (exact) mass is 422 g/mol. The first kappa shape index (κ1) is 19.5. The summed E-state index contributed by atoms with van der Waals surface area (Å²) in [5, 5.41) is 1.72. The fourth-order valence-electron chi connectivity index (χ4n) is 2.95. The molecule has 1 fully saturated rings. The molecule has 2 amide bonds. The Balaban J connectivity index is 1.56. The number of carbonyl (C=O) groups is 3. The quantitative estimate of drug-likeness (QED) is 0.392. The van der Waals surface area contributed by atoms with E-state index >= 15 is 0 Å². The summed E-state index contributed by atoms with van der Waals surface area (Å²) in [7, 11) is 1.28. The van der Waals surface area contributed by atoms with Crippen molar-refractivity contribution in [2.75, 3.05) is 12.1 Å². The maximum absolute atomic E-state index is 12.7. The van der Waals surface area contributed by atoms with Crippen LogP contribution in [0.25, 0.3) is 17.4 Å². The Bertz CT molecular complexity index is 1160. The highest BCUT2D eigenvalue weighted by Gasteiger charge is 2.34. The van der Waals surface area contributed by atoms with Gasteiger partial charge in [-0.2, -0.15) is 0 Å². The van der Waals surface area contributed by atoms with Gasteiger partial charge < -0.3 is 9.15 Å². The van der Waals surface area contributed by atoms with Crippen molar-refractivity contribution in [2.24, 2.45) is 0 Å². The van der Waals surface area contributed by atoms with Crippen LogP contribution in [-0.2, 0) is 14.3 Å². The lowest BCUT2D eigenvalue weighted by atomic mass is 10.2. The molecule has 30 heavy (non-hydrogen) atoms. The molecule has 7 nitrogen and oxygen atoms in total. The molecule has 0 spiro atoms. The molecule has 1 N–H and O–H groups in total. The van der Waals surface area contributed by atoms with Crippen molar-refractivity contribution in [3.63, 3.8) is 0 Å². The summed E-state index contributed by atoms with van der Waals surface area (Å²) in [4.78, 5) is 36.6. The molecular weight excluding hydrogens is 408 g/mol. The van der Waals surface area contributed by atoms with Gasteiger partial charge in [0.15, 0.2) is 0 Å². The van der Waals surface area contributed by atoms with Gasteiger partial charge in [-0.25, -0.2) is 9.80 Å². The Morgan fingerprint density at radius 1 is 1.03 bits per heavy atom. The van der Waals surface area contributed by atoms with Gasteiger partial charge in [0.25, 0.3) is 11.8 Å². The molecule has 2 aromatic carbocycles. The van der Waals surface area contributed by atoms with Crippen LogP contribution in [0.4, 0.5) is 5.69 Å². The molecule has 4 rings (SSSR count). The van der Waals surface area contributed by atoms with Crippen molar-refractivity contribution in [1.82, 2.24) is 5.43 Å². The number of hydrogen-bond acceptors (Lipinski definition) is 5. The number of carbonyl (C=O) groups excluding carboxylic acids is 3. The van der Waals surface area contributed by atoms with Crippen LogP contribution in [0.5, 0.6) is 0 Å². The summed E-state index contributed by atoms with van der Waals surface area (Å²) in [6, 6.07) is 16.6. The third-order valence-electron chi connectivity index (χ3n) is 4.48. The van der Waals surface area contributed by atoms with Crippen LogP contribution in [0.2, 0.25) is 5.02 Å². The SMILES string of the molecule is COC(=O)c1ccc(N2NC(=O)/C(=C\c3ccc(-c4ccc(Cl)cc4)o3)C2=O)cc1. The summed E-state index contributed by atoms with van der Waals surface area (Å²) in [6.45, 7) is 0. The Labute approximate surface area is 176 Å². The molecule has 8 heteroatoms. The van der Waals surface area contributed by atoms with Gasteiger partial charge in [0.2, 0.25) is 0 Å². The lowest BCUT2D eigenvalue weighted by Crippen LogP contribution is -2.35. The Morgan fingerprint density at radius 3 is 2.40 bits per heavy atom. The molecule has 0 atom stereocenters. The number of rotatable bonds is 4. The summed E-state index contributed by atoms with van der Waals surface area (Å²) in [5.74, 6) is -0.633. The molecule has 150 valence electrons. The van der Waals surface area contributed by atoms with E-state index in [-0.39, 0.29) is 5.57 Å². The number of methoxy groups -OCH3 is 1. The second kappa shape index (κ2) is 7.88. The van der Waals surface area contributed by atoms with Crippen molar-refractivity contribution in [3.05, 3.63) is 82.6 Å². The number of ether oxygens (including phenoxy) is 1. The van der Waals surface area contributed by atoms with Gasteiger partial charge in [-0.1, -0.05) is 11.6 Å². The van der Waals surface area contributed by atoms with E-state index in [0.717, 1.165) is 10.6 Å². The topological polar surface area (TPSA) is 88.8 Å². The van der Waals surface area contributed by atoms with E-state index in [1.807, 2.05) is 12.1 Å². The van der Waals surface area contributed by atoms with Crippen molar-refractivity contribution in [2.45, 2.75) is 0 Å². The number of anilines is 1. The maximum atomic E-state index is 12.7. The second-order valence-corrected chi connectivity index (χ2v) is 6.82. The average Bonchev–Trinajstić information content (AvgIpc) is 3.34. The summed E-state index contributed by atoms with van der Waals surface area (Å²) in [6.07, 6.45) is 1.39. The molecule has 1 saturated heterocycles. The van der Waals surface area contributed by atoms with E-state index in [1.165, 1.54) is 25.3 Å². The first-order valence-corrected chi connectivity index (χ1v) is 9.25. The molecule has 2 heterocycles. The van der Waals surface area contributed by atoms with E-state index in [0.29, 0.717) is 27.8 Å². The predicted molar refractivity (Wildman–Crippen MR) is 111 cm³/mol. The van der Waals surface area contributed by atoms with Gasteiger partial charge in [0, 0.05) is 10.6 Å². The van der Waals surface area contributed by atoms with E-state index < -0.39 is 17.8 Å². The summed E-state index contributed by atoms with van der Waals surface area (Å²) in [5.41, 5.74) is 4.00. The second-order valence-electron chi connectivity index (χ2n) is 6.39. The minimum Gasteiger partial charge on any atom is -0.465 e. The predicted octanol–water partition coefficient (Wildman–Crippen LogP) is 3.85. The van der Waals surface area contributed by atoms with Crippen molar-refractivity contribution in [3.8, 4) is 11.3 Å². The zero-order chi connectivity index (χ0) is 21.3. The van der Waals surface area contributed by atoms with E-state index in [2.05, 4.69) is 10.2 Å². The molecule has 0 saturated carbocycles. The van der Waals surface area contributed by atoms with Crippen LogP contribution in [0.3, 0.4) is 0 Å². The van der Waals surface area contributed by atoms with Crippen LogP contribution >= 0.6 is 11.6 Å². The number of nitrogens with zero attached hydrogens (tertiary/aromatic N) is 1. The fourth-order valence-corrected chi connectivity index (χ4v) is 3.07. The third-order valence-corrected chi connectivity index (χ3v) is 4.73. The van der Waals surface area contributed by atoms with Gasteiger partial charge in [0.05, 0.1) is 18.4 Å². The molecule has 1 aromatic heterocycles. The number of furan rings is 1. The average molecular weight is 423 g/mol. The number of halogens is 1. The van der Waals surface area contributed by atoms with Crippen molar-refractivity contribution >= 4 is 41.1 Å². The Morgan fingerprint density at radius 2 is 1.73 bits per heavy atom. The molecule has 0 unspecified atom stereocenters. The Kier molecular flexibility index (Phi) is 5.12. The first-order valence-electron chi connectivity index (χ1n) is 8.87. The van der Waals surface area contributed by atoms with E-state index in [1.54, 1.807) is 36.4 Å². The number of hydrogen-bond donors (Lipinski definition) is 1. The highest BCUT2D eigenvalue weighted by atomic mass is 35.5. The Hall–Kier alpha value is -3.84. The van der Waals surface area contributed by atoms with Crippen molar-refractivity contribution < 1.29 is 23.5 Å². The van der Waals surface area contributed by atoms with Gasteiger partial charge in [-0.05, 0) is 66.7 Å². The maximum Gasteiger partial charge on any atom is 0.337 e. The van der Waals surface area contributed by atoms with Crippen LogP contribution in [0.1, 0.15) is 16.1 Å². The smallest absolute Gasteiger partial charge is 0.337 e. The third kappa shape index (κ3) is 3.70. The van der Waals surface area contributed by atoms with E-state index in [4.69, 9.17) is 16.0 Å². The van der Waals surface area contributed by atoms with Gasteiger partial charge >= 0.3 is 5.97 Å². The molecule has 0 radical (unpaired) electrons. The number of nitrogens with one attached hydrogen (secondary N) is 1. The molecule has 0 bridgehead atoms. The van der Waals surface area contributed by atoms with Crippen molar-refractivity contribution in [1.29, 1.82) is 0 Å². The minimum absolute atomic E-state index is 0.0657. The van der Waals surface area contributed by atoms with Crippen LogP contribution in [0, 0.1) is 0 Å². The van der Waals surface area contributed by atoms with Gasteiger partial charge in [0.1, 0.15) is 17.1 Å². The van der Waals surface area contributed by atoms with Gasteiger partial charge in [-0.3, -0.25) is 15.0 Å². The summed E-state index contributed by atoms with van der Waals surface area (Å²) >= 11 is 5.90. The van der Waals surface area contributed by atoms with Crippen LogP contribution < -0.4 is 10.4 Å². The fraction of sp³-hybridized carbons (Fsp3) is 0.0455. The molecule has 1 aliphatic heterocycles. The molecule has 0 aliphatic carbocycles. The molecule has 3 aromatic rings. The number of hydrazine groups is 1. The lowest BCUT2D eigenvalue weighted by Gasteiger charge is -2.14. The first-order chi connectivity index (χ1) is 14.5. The molecular formula is C22H15ClN2O5. The highest BCUT2D eigenvalue weighted by molar-refractivity contribution is 6.31. The normalized spacial score (nSPS) is 14.9. The van der Waals surface area contributed by atoms with E-state index in [9.17, 15) is 14.4 Å². The van der Waals surface area contributed by atoms with Crippen LogP contribution in [0.15, 0.2) is 70.7 Å². The number of esters is 1. The zero-order valence-corrected chi connectivity index (χ0v) is 16.5. The summed E-state index contributed by atoms with van der Waals surface area (Å²) < 4.78 is 10.4. The van der Waals surface area contributed by atoms with Crippen LogP contribution in [-0.4, -0.2) is 24.9 Å². The zero-order valence-electron chi connectivity index (χ0n) is 15.7. The standard InChI is InChI=1S/C22H15ClN2O5/c1-29-22(28)14-4-8-16(9-5-14)25-21(27)18(20(26)24-25)12-17-10-11-19(30-17)13-2-6-15(23)7-3-13/h2-12H,1H3,(H,24,26)/b18-12+. The number of amides is 2. The lowest BCUT2D eigenvalue weighted by molar-refractivity contribution is -0.117. The van der Waals surface area contributed by atoms with Gasteiger partial charge in [-0.15, -0.1) is 0 Å². The number of benzene rings is 2.